The number of nitrogens with zero attached hydrogens (tertiary/aromatic N) is 1. The molecule has 0 aliphatic heterocycles. The maximum absolute atomic E-state index is 11.5. The second-order valence-electron chi connectivity index (χ2n) is 6.00. The summed E-state index contributed by atoms with van der Waals surface area (Å²) in [6.45, 7) is 6.04. The van der Waals surface area contributed by atoms with Gasteiger partial charge in [0.25, 0.3) is 0 Å². The SMILES string of the molecule is CC(C)(C)c1cncc(OC2CC2)c1NS(C)(=O)=O. The van der Waals surface area contributed by atoms with Crippen LogP contribution in [-0.4, -0.2) is 25.8 Å². The number of anilines is 1. The van der Waals surface area contributed by atoms with E-state index in [0.29, 0.717) is 11.4 Å². The van der Waals surface area contributed by atoms with Crippen molar-refractivity contribution in [2.45, 2.75) is 45.1 Å². The Morgan fingerprint density at radius 2 is 1.95 bits per heavy atom. The van der Waals surface area contributed by atoms with E-state index in [-0.39, 0.29) is 11.5 Å². The molecule has 1 aliphatic rings. The van der Waals surface area contributed by atoms with Crippen molar-refractivity contribution in [3.63, 3.8) is 0 Å². The van der Waals surface area contributed by atoms with Gasteiger partial charge in [-0.05, 0) is 18.3 Å². The summed E-state index contributed by atoms with van der Waals surface area (Å²) in [5.74, 6) is 0.514. The molecule has 0 saturated heterocycles. The van der Waals surface area contributed by atoms with Crippen LogP contribution >= 0.6 is 0 Å². The average Bonchev–Trinajstić information content (AvgIpc) is 3.00. The second-order valence-corrected chi connectivity index (χ2v) is 7.75. The van der Waals surface area contributed by atoms with Crippen LogP contribution in [0.25, 0.3) is 0 Å². The molecule has 1 heterocycles. The topological polar surface area (TPSA) is 68.3 Å². The molecule has 1 saturated carbocycles. The highest BCUT2D eigenvalue weighted by Crippen LogP contribution is 2.38. The van der Waals surface area contributed by atoms with Crippen LogP contribution in [0.3, 0.4) is 0 Å². The molecular weight excluding hydrogens is 264 g/mol. The lowest BCUT2D eigenvalue weighted by Crippen LogP contribution is -2.19. The Labute approximate surface area is 114 Å². The van der Waals surface area contributed by atoms with Crippen molar-refractivity contribution < 1.29 is 13.2 Å². The molecule has 0 bridgehead atoms. The fourth-order valence-corrected chi connectivity index (χ4v) is 2.34. The van der Waals surface area contributed by atoms with Crippen LogP contribution in [-0.2, 0) is 15.4 Å². The number of nitrogens with one attached hydrogen (secondary N) is 1. The Morgan fingerprint density at radius 3 is 2.42 bits per heavy atom. The molecule has 1 aromatic heterocycles. The van der Waals surface area contributed by atoms with Crippen molar-refractivity contribution in [1.29, 1.82) is 0 Å². The van der Waals surface area contributed by atoms with Crippen molar-refractivity contribution in [3.8, 4) is 5.75 Å². The van der Waals surface area contributed by atoms with E-state index in [4.69, 9.17) is 4.74 Å². The molecule has 1 N–H and O–H groups in total. The van der Waals surface area contributed by atoms with Crippen molar-refractivity contribution in [1.82, 2.24) is 4.98 Å². The number of rotatable bonds is 4. The van der Waals surface area contributed by atoms with Crippen LogP contribution in [0, 0.1) is 0 Å². The van der Waals surface area contributed by atoms with Crippen LogP contribution in [0.15, 0.2) is 12.4 Å². The summed E-state index contributed by atoms with van der Waals surface area (Å²) >= 11 is 0. The van der Waals surface area contributed by atoms with Gasteiger partial charge in [-0.1, -0.05) is 20.8 Å². The van der Waals surface area contributed by atoms with Crippen molar-refractivity contribution in [2.75, 3.05) is 11.0 Å². The Bertz CT molecular complexity index is 572. The van der Waals surface area contributed by atoms with Crippen molar-refractivity contribution >= 4 is 15.7 Å². The largest absolute Gasteiger partial charge is 0.487 e. The summed E-state index contributed by atoms with van der Waals surface area (Å²) in [5, 5.41) is 0. The maximum atomic E-state index is 11.5. The number of ether oxygens (including phenoxy) is 1. The van der Waals surface area contributed by atoms with Crippen LogP contribution < -0.4 is 9.46 Å². The highest BCUT2D eigenvalue weighted by atomic mass is 32.2. The molecule has 1 aliphatic carbocycles. The normalized spacial score (nSPS) is 16.2. The van der Waals surface area contributed by atoms with Crippen molar-refractivity contribution in [3.05, 3.63) is 18.0 Å². The van der Waals surface area contributed by atoms with Gasteiger partial charge in [-0.3, -0.25) is 9.71 Å². The Morgan fingerprint density at radius 1 is 1.32 bits per heavy atom. The third-order valence-corrected chi connectivity index (χ3v) is 3.40. The molecule has 0 atom stereocenters. The van der Waals surface area contributed by atoms with Crippen LogP contribution in [0.2, 0.25) is 0 Å². The van der Waals surface area contributed by atoms with Gasteiger partial charge in [-0.15, -0.1) is 0 Å². The molecule has 1 aromatic rings. The van der Waals surface area contributed by atoms with Gasteiger partial charge in [0, 0.05) is 11.8 Å². The van der Waals surface area contributed by atoms with Gasteiger partial charge in [-0.25, -0.2) is 8.42 Å². The predicted molar refractivity (Wildman–Crippen MR) is 75.1 cm³/mol. The summed E-state index contributed by atoms with van der Waals surface area (Å²) in [7, 11) is -3.36. The fraction of sp³-hybridized carbons (Fsp3) is 0.615. The minimum atomic E-state index is -3.36. The summed E-state index contributed by atoms with van der Waals surface area (Å²) in [4.78, 5) is 4.16. The molecule has 2 rings (SSSR count). The maximum Gasteiger partial charge on any atom is 0.229 e. The van der Waals surface area contributed by atoms with Crippen LogP contribution in [0.5, 0.6) is 5.75 Å². The zero-order valence-electron chi connectivity index (χ0n) is 11.7. The lowest BCUT2D eigenvalue weighted by Gasteiger charge is -2.24. The minimum absolute atomic E-state index is 0.192. The van der Waals surface area contributed by atoms with E-state index in [1.165, 1.54) is 0 Å². The monoisotopic (exact) mass is 284 g/mol. The molecule has 6 heteroatoms. The zero-order chi connectivity index (χ0) is 14.3. The first kappa shape index (κ1) is 14.1. The molecule has 5 nitrogen and oxygen atoms in total. The van der Waals surface area contributed by atoms with Crippen LogP contribution in [0.4, 0.5) is 5.69 Å². The van der Waals surface area contributed by atoms with Gasteiger partial charge < -0.3 is 4.74 Å². The Hall–Kier alpha value is -1.30. The van der Waals surface area contributed by atoms with Gasteiger partial charge in [-0.2, -0.15) is 0 Å². The molecule has 0 unspecified atom stereocenters. The van der Waals surface area contributed by atoms with Gasteiger partial charge in [0.2, 0.25) is 10.0 Å². The Balaban J connectivity index is 2.47. The van der Waals surface area contributed by atoms with E-state index in [1.54, 1.807) is 12.4 Å². The average molecular weight is 284 g/mol. The summed E-state index contributed by atoms with van der Waals surface area (Å²) in [6.07, 6.45) is 6.61. The van der Waals surface area contributed by atoms with E-state index < -0.39 is 10.0 Å². The Kier molecular flexibility index (Phi) is 3.47. The van der Waals surface area contributed by atoms with Crippen LogP contribution in [0.1, 0.15) is 39.2 Å². The smallest absolute Gasteiger partial charge is 0.229 e. The number of sulfonamides is 1. The minimum Gasteiger partial charge on any atom is -0.487 e. The number of aromatic nitrogens is 1. The predicted octanol–water partition coefficient (Wildman–Crippen LogP) is 2.29. The van der Waals surface area contributed by atoms with Crippen molar-refractivity contribution in [2.24, 2.45) is 0 Å². The first-order valence-corrected chi connectivity index (χ1v) is 8.19. The fourth-order valence-electron chi connectivity index (χ4n) is 1.76. The van der Waals surface area contributed by atoms with E-state index in [2.05, 4.69) is 9.71 Å². The lowest BCUT2D eigenvalue weighted by molar-refractivity contribution is 0.303. The van der Waals surface area contributed by atoms with Gasteiger partial charge in [0.15, 0.2) is 5.75 Å². The quantitative estimate of drug-likeness (QED) is 0.921. The summed E-state index contributed by atoms with van der Waals surface area (Å²) < 4.78 is 31.4. The highest BCUT2D eigenvalue weighted by molar-refractivity contribution is 7.92. The first-order chi connectivity index (χ1) is 8.67. The number of pyridine rings is 1. The summed E-state index contributed by atoms with van der Waals surface area (Å²) in [6, 6.07) is 0. The third-order valence-electron chi connectivity index (χ3n) is 2.82. The van der Waals surface area contributed by atoms with E-state index >= 15 is 0 Å². The molecule has 0 radical (unpaired) electrons. The molecule has 19 heavy (non-hydrogen) atoms. The second kappa shape index (κ2) is 4.67. The van der Waals surface area contributed by atoms with Gasteiger partial charge >= 0.3 is 0 Å². The zero-order valence-corrected chi connectivity index (χ0v) is 12.5. The highest BCUT2D eigenvalue weighted by Gasteiger charge is 2.28. The van der Waals surface area contributed by atoms with E-state index in [0.717, 1.165) is 24.7 Å². The molecule has 0 spiro atoms. The van der Waals surface area contributed by atoms with Gasteiger partial charge in [0.05, 0.1) is 24.2 Å². The lowest BCUT2D eigenvalue weighted by atomic mass is 9.87. The molecule has 0 amide bonds. The van der Waals surface area contributed by atoms with Gasteiger partial charge in [0.1, 0.15) is 0 Å². The van der Waals surface area contributed by atoms with E-state index in [1.807, 2.05) is 20.8 Å². The molecule has 1 fully saturated rings. The molecule has 0 aromatic carbocycles. The molecular formula is C13H20N2O3S. The first-order valence-electron chi connectivity index (χ1n) is 6.30. The van der Waals surface area contributed by atoms with E-state index in [9.17, 15) is 8.42 Å². The number of hydrogen-bond acceptors (Lipinski definition) is 4. The third kappa shape index (κ3) is 3.83. The standard InChI is InChI=1S/C13H20N2O3S/c1-13(2,3)10-7-14-8-11(18-9-5-6-9)12(10)15-19(4,16)17/h7-9H,5-6H2,1-4H3,(H,14,15). The summed E-state index contributed by atoms with van der Waals surface area (Å²) in [5.41, 5.74) is 1.12. The molecule has 106 valence electrons. The number of hydrogen-bond donors (Lipinski definition) is 1.